The molecule has 120 valence electrons. The SMILES string of the molecule is Cc1ccc(OCCCN2C(=O)C(C)Nc3ccccc32)cc1. The van der Waals surface area contributed by atoms with Gasteiger partial charge in [0, 0.05) is 6.54 Å². The normalized spacial score (nSPS) is 16.7. The van der Waals surface area contributed by atoms with Crippen LogP contribution in [0.2, 0.25) is 0 Å². The zero-order chi connectivity index (χ0) is 16.2. The fourth-order valence-electron chi connectivity index (χ4n) is 2.76. The molecule has 1 aliphatic heterocycles. The van der Waals surface area contributed by atoms with E-state index in [0.29, 0.717) is 13.2 Å². The number of benzene rings is 2. The number of fused-ring (bicyclic) bond motifs is 1. The minimum Gasteiger partial charge on any atom is -0.494 e. The van der Waals surface area contributed by atoms with Gasteiger partial charge in [0.25, 0.3) is 0 Å². The molecule has 0 bridgehead atoms. The van der Waals surface area contributed by atoms with E-state index < -0.39 is 0 Å². The molecule has 0 radical (unpaired) electrons. The van der Waals surface area contributed by atoms with Crippen LogP contribution in [-0.4, -0.2) is 25.1 Å². The zero-order valence-corrected chi connectivity index (χ0v) is 13.6. The van der Waals surface area contributed by atoms with Crippen molar-refractivity contribution in [1.29, 1.82) is 0 Å². The first-order chi connectivity index (χ1) is 11.1. The van der Waals surface area contributed by atoms with Crippen molar-refractivity contribution < 1.29 is 9.53 Å². The average Bonchev–Trinajstić information content (AvgIpc) is 2.56. The highest BCUT2D eigenvalue weighted by atomic mass is 16.5. The lowest BCUT2D eigenvalue weighted by Gasteiger charge is -2.33. The Morgan fingerprint density at radius 2 is 1.87 bits per heavy atom. The minimum atomic E-state index is -0.192. The molecule has 0 saturated heterocycles. The Kier molecular flexibility index (Phi) is 4.51. The maximum Gasteiger partial charge on any atom is 0.249 e. The second-order valence-electron chi connectivity index (χ2n) is 5.89. The van der Waals surface area contributed by atoms with E-state index >= 15 is 0 Å². The van der Waals surface area contributed by atoms with Crippen molar-refractivity contribution >= 4 is 17.3 Å². The van der Waals surface area contributed by atoms with Gasteiger partial charge in [0.2, 0.25) is 5.91 Å². The molecular weight excluding hydrogens is 288 g/mol. The molecule has 0 aliphatic carbocycles. The monoisotopic (exact) mass is 310 g/mol. The molecule has 4 nitrogen and oxygen atoms in total. The van der Waals surface area contributed by atoms with Crippen LogP contribution in [0.5, 0.6) is 5.75 Å². The smallest absolute Gasteiger partial charge is 0.249 e. The molecule has 2 aromatic carbocycles. The molecule has 1 atom stereocenters. The lowest BCUT2D eigenvalue weighted by Crippen LogP contribution is -2.46. The zero-order valence-electron chi connectivity index (χ0n) is 13.6. The molecule has 2 aromatic rings. The van der Waals surface area contributed by atoms with E-state index in [-0.39, 0.29) is 11.9 Å². The molecule has 0 aromatic heterocycles. The number of carbonyl (C=O) groups excluding carboxylic acids is 1. The minimum absolute atomic E-state index is 0.110. The number of hydrogen-bond donors (Lipinski definition) is 1. The van der Waals surface area contributed by atoms with Crippen molar-refractivity contribution in [3.05, 3.63) is 54.1 Å². The molecule has 4 heteroatoms. The van der Waals surface area contributed by atoms with Gasteiger partial charge in [-0.2, -0.15) is 0 Å². The summed E-state index contributed by atoms with van der Waals surface area (Å²) in [5.41, 5.74) is 3.18. The number of rotatable bonds is 5. The van der Waals surface area contributed by atoms with E-state index in [0.717, 1.165) is 23.5 Å². The lowest BCUT2D eigenvalue weighted by molar-refractivity contribution is -0.119. The Hall–Kier alpha value is -2.49. The van der Waals surface area contributed by atoms with Crippen LogP contribution in [0.15, 0.2) is 48.5 Å². The number of anilines is 2. The molecule has 0 saturated carbocycles. The number of amides is 1. The van der Waals surface area contributed by atoms with Crippen molar-refractivity contribution in [1.82, 2.24) is 0 Å². The maximum absolute atomic E-state index is 12.4. The number of nitrogens with zero attached hydrogens (tertiary/aromatic N) is 1. The summed E-state index contributed by atoms with van der Waals surface area (Å²) in [7, 11) is 0. The summed E-state index contributed by atoms with van der Waals surface area (Å²) in [5.74, 6) is 0.982. The van der Waals surface area contributed by atoms with E-state index in [9.17, 15) is 4.79 Å². The summed E-state index contributed by atoms with van der Waals surface area (Å²) in [6.07, 6.45) is 0.792. The first kappa shape index (κ1) is 15.4. The van der Waals surface area contributed by atoms with Gasteiger partial charge < -0.3 is 15.0 Å². The highest BCUT2D eigenvalue weighted by molar-refractivity contribution is 6.04. The second-order valence-corrected chi connectivity index (χ2v) is 5.89. The van der Waals surface area contributed by atoms with Crippen LogP contribution in [0.4, 0.5) is 11.4 Å². The van der Waals surface area contributed by atoms with Gasteiger partial charge >= 0.3 is 0 Å². The predicted molar refractivity (Wildman–Crippen MR) is 93.2 cm³/mol. The summed E-state index contributed by atoms with van der Waals surface area (Å²) in [6.45, 7) is 5.21. The average molecular weight is 310 g/mol. The van der Waals surface area contributed by atoms with Crippen molar-refractivity contribution in [2.24, 2.45) is 0 Å². The molecule has 3 rings (SSSR count). The van der Waals surface area contributed by atoms with Crippen LogP contribution in [0.25, 0.3) is 0 Å². The molecule has 1 aliphatic rings. The third-order valence-corrected chi connectivity index (χ3v) is 4.02. The predicted octanol–water partition coefficient (Wildman–Crippen LogP) is 3.61. The van der Waals surface area contributed by atoms with Crippen LogP contribution < -0.4 is 15.0 Å². The fourth-order valence-corrected chi connectivity index (χ4v) is 2.76. The topological polar surface area (TPSA) is 41.6 Å². The molecule has 1 unspecified atom stereocenters. The fraction of sp³-hybridized carbons (Fsp3) is 0.316. The third-order valence-electron chi connectivity index (χ3n) is 4.02. The second kappa shape index (κ2) is 6.73. The molecule has 0 fully saturated rings. The van der Waals surface area contributed by atoms with E-state index in [1.807, 2.05) is 60.4 Å². The Balaban J connectivity index is 1.59. The van der Waals surface area contributed by atoms with Crippen molar-refractivity contribution in [2.75, 3.05) is 23.4 Å². The van der Waals surface area contributed by atoms with Gasteiger partial charge in [-0.3, -0.25) is 4.79 Å². The summed E-state index contributed by atoms with van der Waals surface area (Å²) in [6, 6.07) is 15.8. The van der Waals surface area contributed by atoms with Crippen LogP contribution >= 0.6 is 0 Å². The number of aryl methyl sites for hydroxylation is 1. The van der Waals surface area contributed by atoms with Crippen molar-refractivity contribution in [3.63, 3.8) is 0 Å². The number of para-hydroxylation sites is 2. The van der Waals surface area contributed by atoms with Crippen LogP contribution in [0.3, 0.4) is 0 Å². The highest BCUT2D eigenvalue weighted by Gasteiger charge is 2.28. The molecule has 1 heterocycles. The number of nitrogens with one attached hydrogen (secondary N) is 1. The Morgan fingerprint density at radius 3 is 2.65 bits per heavy atom. The van der Waals surface area contributed by atoms with E-state index in [1.165, 1.54) is 5.56 Å². The number of ether oxygens (including phenoxy) is 1. The quantitative estimate of drug-likeness (QED) is 0.858. The Labute approximate surface area is 137 Å². The van der Waals surface area contributed by atoms with Crippen LogP contribution in [0, 0.1) is 6.92 Å². The third kappa shape index (κ3) is 3.47. The van der Waals surface area contributed by atoms with Crippen molar-refractivity contribution in [2.45, 2.75) is 26.3 Å². The van der Waals surface area contributed by atoms with Crippen LogP contribution in [0.1, 0.15) is 18.9 Å². The molecule has 0 spiro atoms. The van der Waals surface area contributed by atoms with Gasteiger partial charge in [-0.1, -0.05) is 29.8 Å². The van der Waals surface area contributed by atoms with Gasteiger partial charge in [0.1, 0.15) is 11.8 Å². The largest absolute Gasteiger partial charge is 0.494 e. The van der Waals surface area contributed by atoms with Gasteiger partial charge in [-0.05, 0) is 44.5 Å². The van der Waals surface area contributed by atoms with Crippen molar-refractivity contribution in [3.8, 4) is 5.75 Å². The van der Waals surface area contributed by atoms with Gasteiger partial charge in [0.05, 0.1) is 18.0 Å². The van der Waals surface area contributed by atoms with Gasteiger partial charge in [-0.15, -0.1) is 0 Å². The summed E-state index contributed by atoms with van der Waals surface area (Å²) >= 11 is 0. The maximum atomic E-state index is 12.4. The first-order valence-corrected chi connectivity index (χ1v) is 8.01. The molecule has 1 N–H and O–H groups in total. The molecule has 23 heavy (non-hydrogen) atoms. The van der Waals surface area contributed by atoms with E-state index in [4.69, 9.17) is 4.74 Å². The molecular formula is C19H22N2O2. The first-order valence-electron chi connectivity index (χ1n) is 8.01. The van der Waals surface area contributed by atoms with Crippen LogP contribution in [-0.2, 0) is 4.79 Å². The lowest BCUT2D eigenvalue weighted by atomic mass is 10.1. The van der Waals surface area contributed by atoms with Gasteiger partial charge in [0.15, 0.2) is 0 Å². The van der Waals surface area contributed by atoms with Gasteiger partial charge in [-0.25, -0.2) is 0 Å². The standard InChI is InChI=1S/C19H22N2O2/c1-14-8-10-16(11-9-14)23-13-5-12-21-18-7-4-3-6-17(18)20-15(2)19(21)22/h3-4,6-11,15,20H,5,12-13H2,1-2H3. The highest BCUT2D eigenvalue weighted by Crippen LogP contribution is 2.31. The van der Waals surface area contributed by atoms with E-state index in [1.54, 1.807) is 0 Å². The number of hydrogen-bond acceptors (Lipinski definition) is 3. The summed E-state index contributed by atoms with van der Waals surface area (Å²) in [4.78, 5) is 14.3. The molecule has 1 amide bonds. The van der Waals surface area contributed by atoms with E-state index in [2.05, 4.69) is 12.2 Å². The Morgan fingerprint density at radius 1 is 1.13 bits per heavy atom. The Bertz CT molecular complexity index is 682. The number of carbonyl (C=O) groups is 1. The summed E-state index contributed by atoms with van der Waals surface area (Å²) in [5, 5.41) is 3.24. The summed E-state index contributed by atoms with van der Waals surface area (Å²) < 4.78 is 5.75.